The molecule has 2 amide bonds. The van der Waals surface area contributed by atoms with Gasteiger partial charge in [0.2, 0.25) is 0 Å². The van der Waals surface area contributed by atoms with Crippen molar-refractivity contribution in [1.29, 1.82) is 0 Å². The number of benzene rings is 4. The van der Waals surface area contributed by atoms with Crippen molar-refractivity contribution in [3.05, 3.63) is 136 Å². The highest BCUT2D eigenvalue weighted by Crippen LogP contribution is 2.22. The van der Waals surface area contributed by atoms with Gasteiger partial charge in [0.05, 0.1) is 5.75 Å². The highest BCUT2D eigenvalue weighted by molar-refractivity contribution is 8.00. The molecule has 0 bridgehead atoms. The minimum atomic E-state index is -0.513. The molecular formula is C30H22ClFN2O3S. The molecule has 4 rings (SSSR count). The van der Waals surface area contributed by atoms with Gasteiger partial charge >= 0.3 is 0 Å². The van der Waals surface area contributed by atoms with E-state index in [2.05, 4.69) is 10.6 Å². The average molecular weight is 545 g/mol. The van der Waals surface area contributed by atoms with Gasteiger partial charge in [0.1, 0.15) is 11.5 Å². The minimum Gasteiger partial charge on any atom is -0.321 e. The fourth-order valence-corrected chi connectivity index (χ4v) is 4.40. The number of rotatable bonds is 9. The summed E-state index contributed by atoms with van der Waals surface area (Å²) in [5.41, 5.74) is 2.06. The van der Waals surface area contributed by atoms with Crippen molar-refractivity contribution < 1.29 is 18.8 Å². The Kier molecular flexibility index (Phi) is 9.08. The van der Waals surface area contributed by atoms with Gasteiger partial charge in [-0.25, -0.2) is 4.39 Å². The van der Waals surface area contributed by atoms with E-state index in [1.54, 1.807) is 84.9 Å². The molecule has 4 aromatic rings. The largest absolute Gasteiger partial charge is 0.321 e. The second-order valence-electron chi connectivity index (χ2n) is 8.13. The van der Waals surface area contributed by atoms with E-state index in [0.717, 1.165) is 4.90 Å². The number of hydrogen-bond acceptors (Lipinski definition) is 4. The number of carbonyl (C=O) groups excluding carboxylic acids is 3. The third kappa shape index (κ3) is 7.65. The fraction of sp³-hybridized carbons (Fsp3) is 0.0333. The van der Waals surface area contributed by atoms with Gasteiger partial charge in [-0.2, -0.15) is 0 Å². The lowest BCUT2D eigenvalue weighted by atomic mass is 10.1. The number of Topliss-reactive ketones (excluding diaryl/α,β-unsaturated/α-hetero) is 1. The molecule has 0 aromatic heterocycles. The molecule has 2 N–H and O–H groups in total. The van der Waals surface area contributed by atoms with Crippen molar-refractivity contribution in [2.75, 3.05) is 11.1 Å². The number of nitrogens with one attached hydrogen (secondary N) is 2. The van der Waals surface area contributed by atoms with E-state index in [4.69, 9.17) is 11.6 Å². The second kappa shape index (κ2) is 12.9. The Morgan fingerprint density at radius 2 is 1.53 bits per heavy atom. The smallest absolute Gasteiger partial charge is 0.272 e. The molecule has 0 fully saturated rings. The van der Waals surface area contributed by atoms with E-state index in [-0.39, 0.29) is 17.2 Å². The normalized spacial score (nSPS) is 11.1. The molecule has 0 radical (unpaired) electrons. The van der Waals surface area contributed by atoms with Crippen LogP contribution in [-0.4, -0.2) is 23.4 Å². The summed E-state index contributed by atoms with van der Waals surface area (Å²) in [6.45, 7) is 0. The maximum absolute atomic E-state index is 13.1. The van der Waals surface area contributed by atoms with E-state index in [1.165, 1.54) is 36.0 Å². The quantitative estimate of drug-likeness (QED) is 0.137. The van der Waals surface area contributed by atoms with Crippen LogP contribution in [-0.2, 0) is 4.79 Å². The molecule has 0 aliphatic heterocycles. The van der Waals surface area contributed by atoms with Crippen LogP contribution in [0.1, 0.15) is 26.3 Å². The number of halogens is 2. The topological polar surface area (TPSA) is 75.3 Å². The van der Waals surface area contributed by atoms with E-state index >= 15 is 0 Å². The highest BCUT2D eigenvalue weighted by atomic mass is 35.5. The zero-order valence-corrected chi connectivity index (χ0v) is 21.6. The van der Waals surface area contributed by atoms with Crippen molar-refractivity contribution in [3.63, 3.8) is 0 Å². The van der Waals surface area contributed by atoms with Crippen LogP contribution in [0.25, 0.3) is 6.08 Å². The molecule has 8 heteroatoms. The lowest BCUT2D eigenvalue weighted by Crippen LogP contribution is -2.30. The van der Waals surface area contributed by atoms with Crippen molar-refractivity contribution in [2.24, 2.45) is 0 Å². The second-order valence-corrected chi connectivity index (χ2v) is 9.62. The molecule has 0 saturated carbocycles. The Bertz CT molecular complexity index is 1470. The lowest BCUT2D eigenvalue weighted by molar-refractivity contribution is -0.113. The minimum absolute atomic E-state index is 0.0458. The van der Waals surface area contributed by atoms with E-state index in [1.807, 2.05) is 0 Å². The molecule has 0 aliphatic carbocycles. The molecule has 0 unspecified atom stereocenters. The Hall–Kier alpha value is -4.20. The molecule has 5 nitrogen and oxygen atoms in total. The van der Waals surface area contributed by atoms with Crippen LogP contribution in [0.2, 0.25) is 5.02 Å². The molecule has 0 heterocycles. The maximum atomic E-state index is 13.1. The lowest BCUT2D eigenvalue weighted by Gasteiger charge is -2.12. The van der Waals surface area contributed by atoms with Gasteiger partial charge in [0, 0.05) is 26.7 Å². The molecular weight excluding hydrogens is 523 g/mol. The van der Waals surface area contributed by atoms with Gasteiger partial charge in [-0.3, -0.25) is 14.4 Å². The maximum Gasteiger partial charge on any atom is 0.272 e. The van der Waals surface area contributed by atoms with Crippen LogP contribution in [0, 0.1) is 5.82 Å². The van der Waals surface area contributed by atoms with Crippen molar-refractivity contribution >= 4 is 52.7 Å². The zero-order chi connectivity index (χ0) is 26.9. The van der Waals surface area contributed by atoms with Crippen molar-refractivity contribution in [1.82, 2.24) is 5.32 Å². The molecule has 4 aromatic carbocycles. The average Bonchev–Trinajstić information content (AvgIpc) is 2.93. The first-order chi connectivity index (χ1) is 18.4. The van der Waals surface area contributed by atoms with E-state index in [0.29, 0.717) is 27.4 Å². The van der Waals surface area contributed by atoms with Crippen LogP contribution in [0.4, 0.5) is 10.1 Å². The van der Waals surface area contributed by atoms with Crippen LogP contribution in [0.5, 0.6) is 0 Å². The Morgan fingerprint density at radius 1 is 0.816 bits per heavy atom. The summed E-state index contributed by atoms with van der Waals surface area (Å²) in [4.78, 5) is 39.1. The standard InChI is InChI=1S/C30H22ClFN2O3S/c31-23-8-4-5-20(17-23)18-27(34-29(36)22-6-2-1-3-7-22)30(37)33-25-13-15-26(16-14-25)38-19-28(35)21-9-11-24(32)12-10-21/h1-18H,19H2,(H,33,37)(H,34,36)/b27-18-. The number of thioether (sulfide) groups is 1. The summed E-state index contributed by atoms with van der Waals surface area (Å²) in [5.74, 6) is -1.25. The van der Waals surface area contributed by atoms with Crippen molar-refractivity contribution in [3.8, 4) is 0 Å². The first kappa shape index (κ1) is 26.9. The molecule has 0 atom stereocenters. The third-order valence-electron chi connectivity index (χ3n) is 5.34. The molecule has 190 valence electrons. The van der Waals surface area contributed by atoms with Gasteiger partial charge in [0.25, 0.3) is 11.8 Å². The van der Waals surface area contributed by atoms with E-state index < -0.39 is 17.6 Å². The molecule has 38 heavy (non-hydrogen) atoms. The monoisotopic (exact) mass is 544 g/mol. The predicted octanol–water partition coefficient (Wildman–Crippen LogP) is 6.86. The number of hydrogen-bond donors (Lipinski definition) is 2. The summed E-state index contributed by atoms with van der Waals surface area (Å²) in [5, 5.41) is 5.98. The zero-order valence-electron chi connectivity index (χ0n) is 20.0. The van der Waals surface area contributed by atoms with Crippen LogP contribution in [0.3, 0.4) is 0 Å². The number of amides is 2. The molecule has 0 aliphatic rings. The summed E-state index contributed by atoms with van der Waals surface area (Å²) in [6, 6.07) is 27.9. The summed E-state index contributed by atoms with van der Waals surface area (Å²) in [7, 11) is 0. The third-order valence-corrected chi connectivity index (χ3v) is 6.58. The van der Waals surface area contributed by atoms with Gasteiger partial charge in [-0.15, -0.1) is 11.8 Å². The van der Waals surface area contributed by atoms with Gasteiger partial charge in [0.15, 0.2) is 5.78 Å². The van der Waals surface area contributed by atoms with E-state index in [9.17, 15) is 18.8 Å². The predicted molar refractivity (Wildman–Crippen MR) is 150 cm³/mol. The Balaban J connectivity index is 1.44. The Labute approximate surface area is 228 Å². The summed E-state index contributed by atoms with van der Waals surface area (Å²) < 4.78 is 13.1. The van der Waals surface area contributed by atoms with Gasteiger partial charge < -0.3 is 10.6 Å². The molecule has 0 saturated heterocycles. The highest BCUT2D eigenvalue weighted by Gasteiger charge is 2.15. The SMILES string of the molecule is O=C(Nc1ccc(SCC(=O)c2ccc(F)cc2)cc1)/C(=C/c1cccc(Cl)c1)NC(=O)c1ccccc1. The number of anilines is 1. The summed E-state index contributed by atoms with van der Waals surface area (Å²) in [6.07, 6.45) is 1.55. The fourth-order valence-electron chi connectivity index (χ4n) is 3.41. The summed E-state index contributed by atoms with van der Waals surface area (Å²) >= 11 is 7.42. The molecule has 0 spiro atoms. The Morgan fingerprint density at radius 3 is 2.21 bits per heavy atom. The number of ketones is 1. The van der Waals surface area contributed by atoms with Gasteiger partial charge in [-0.1, -0.05) is 41.9 Å². The first-order valence-corrected chi connectivity index (χ1v) is 12.9. The first-order valence-electron chi connectivity index (χ1n) is 11.5. The van der Waals surface area contributed by atoms with Crippen LogP contribution < -0.4 is 10.6 Å². The van der Waals surface area contributed by atoms with Crippen LogP contribution >= 0.6 is 23.4 Å². The van der Waals surface area contributed by atoms with Crippen molar-refractivity contribution in [2.45, 2.75) is 4.90 Å². The van der Waals surface area contributed by atoms with Crippen LogP contribution in [0.15, 0.2) is 114 Å². The number of carbonyl (C=O) groups is 3. The van der Waals surface area contributed by atoms with Gasteiger partial charge in [-0.05, 0) is 84.4 Å².